The monoisotopic (exact) mass is 523 g/mol. The maximum atomic E-state index is 13.3. The zero-order valence-corrected chi connectivity index (χ0v) is 20.3. The van der Waals surface area contributed by atoms with Gasteiger partial charge in [-0.15, -0.1) is 0 Å². The number of carbonyl (C=O) groups is 1. The Morgan fingerprint density at radius 2 is 1.89 bits per heavy atom. The lowest BCUT2D eigenvalue weighted by Crippen LogP contribution is -2.36. The first-order chi connectivity index (χ1) is 18.2. The van der Waals surface area contributed by atoms with Crippen LogP contribution < -0.4 is 16.4 Å². The van der Waals surface area contributed by atoms with E-state index in [9.17, 15) is 18.0 Å². The molecule has 196 valence electrons. The number of nitrogens with zero attached hydrogens (tertiary/aromatic N) is 5. The van der Waals surface area contributed by atoms with Crippen LogP contribution in [0.4, 0.5) is 24.8 Å². The molecule has 38 heavy (non-hydrogen) atoms. The number of pyridine rings is 2. The minimum absolute atomic E-state index is 0.0544. The fraction of sp³-hybridized carbons (Fsp3) is 0.200. The summed E-state index contributed by atoms with van der Waals surface area (Å²) < 4.78 is 40.0. The summed E-state index contributed by atoms with van der Waals surface area (Å²) in [4.78, 5) is 24.8. The van der Waals surface area contributed by atoms with Gasteiger partial charge >= 0.3 is 6.18 Å². The highest BCUT2D eigenvalue weighted by atomic mass is 19.4. The van der Waals surface area contributed by atoms with Crippen LogP contribution in [0.1, 0.15) is 21.5 Å². The predicted octanol–water partition coefficient (Wildman–Crippen LogP) is 3.60. The number of anilines is 2. The van der Waals surface area contributed by atoms with Crippen LogP contribution in [0, 0.1) is 0 Å². The molecule has 0 spiro atoms. The Balaban J connectivity index is 1.30. The van der Waals surface area contributed by atoms with Gasteiger partial charge in [0.15, 0.2) is 5.65 Å². The van der Waals surface area contributed by atoms with E-state index < -0.39 is 17.6 Å². The highest BCUT2D eigenvalue weighted by molar-refractivity contribution is 5.99. The summed E-state index contributed by atoms with van der Waals surface area (Å²) in [6.45, 7) is 0.939. The number of H-pyrrole nitrogens is 1. The lowest BCUT2D eigenvalue weighted by Gasteiger charge is -2.19. The molecule has 0 atom stereocenters. The fourth-order valence-corrected chi connectivity index (χ4v) is 3.97. The minimum Gasteiger partial charge on any atom is -0.384 e. The summed E-state index contributed by atoms with van der Waals surface area (Å²) in [6.07, 6.45) is 1.40. The molecule has 1 aromatic carbocycles. The largest absolute Gasteiger partial charge is 0.417 e. The third-order valence-corrected chi connectivity index (χ3v) is 6.03. The highest BCUT2D eigenvalue weighted by Crippen LogP contribution is 2.31. The van der Waals surface area contributed by atoms with E-state index in [-0.39, 0.29) is 24.6 Å². The summed E-state index contributed by atoms with van der Waals surface area (Å²) in [5.74, 6) is -0.173. The van der Waals surface area contributed by atoms with E-state index in [1.807, 2.05) is 53.4 Å². The topological polar surface area (TPSA) is 128 Å². The van der Waals surface area contributed by atoms with E-state index in [1.165, 1.54) is 0 Å². The summed E-state index contributed by atoms with van der Waals surface area (Å²) in [5, 5.41) is 13.1. The number of hydrogen-bond donors (Lipinski definition) is 4. The molecular weight excluding hydrogens is 499 g/mol. The van der Waals surface area contributed by atoms with Gasteiger partial charge in [0.25, 0.3) is 5.91 Å². The Hall–Kier alpha value is -4.81. The number of carbonyl (C=O) groups excluding carboxylic acids is 1. The van der Waals surface area contributed by atoms with E-state index in [1.54, 1.807) is 12.4 Å². The minimum atomic E-state index is -4.63. The van der Waals surface area contributed by atoms with Crippen LogP contribution in [0.5, 0.6) is 0 Å². The average molecular weight is 524 g/mol. The van der Waals surface area contributed by atoms with Crippen molar-refractivity contribution in [2.24, 2.45) is 0 Å². The number of nitrogens with one attached hydrogen (secondary N) is 3. The Morgan fingerprint density at radius 3 is 2.61 bits per heavy atom. The quantitative estimate of drug-likeness (QED) is 0.289. The molecule has 0 aliphatic carbocycles. The summed E-state index contributed by atoms with van der Waals surface area (Å²) >= 11 is 0. The van der Waals surface area contributed by atoms with Gasteiger partial charge in [0.1, 0.15) is 11.6 Å². The van der Waals surface area contributed by atoms with Gasteiger partial charge < -0.3 is 26.2 Å². The number of fused-ring (bicyclic) bond motifs is 1. The van der Waals surface area contributed by atoms with E-state index in [0.29, 0.717) is 24.3 Å². The fourth-order valence-electron chi connectivity index (χ4n) is 3.97. The molecule has 4 heterocycles. The maximum absolute atomic E-state index is 13.3. The van der Waals surface area contributed by atoms with E-state index in [0.717, 1.165) is 28.1 Å². The van der Waals surface area contributed by atoms with Gasteiger partial charge in [-0.05, 0) is 23.3 Å². The lowest BCUT2D eigenvalue weighted by molar-refractivity contribution is -0.137. The van der Waals surface area contributed by atoms with Crippen molar-refractivity contribution in [2.75, 3.05) is 31.4 Å². The van der Waals surface area contributed by atoms with Gasteiger partial charge in [-0.2, -0.15) is 18.3 Å². The first-order valence-corrected chi connectivity index (χ1v) is 11.6. The zero-order chi connectivity index (χ0) is 26.9. The number of nitrogens with two attached hydrogens (primary N) is 1. The average Bonchev–Trinajstić information content (AvgIpc) is 3.50. The normalized spacial score (nSPS) is 13.4. The molecule has 5 rings (SSSR count). The van der Waals surface area contributed by atoms with E-state index in [2.05, 4.69) is 30.8 Å². The van der Waals surface area contributed by atoms with Gasteiger partial charge in [0, 0.05) is 43.9 Å². The third-order valence-electron chi connectivity index (χ3n) is 6.03. The van der Waals surface area contributed by atoms with Crippen LogP contribution in [0.3, 0.4) is 0 Å². The number of aromatic nitrogens is 4. The van der Waals surface area contributed by atoms with Crippen molar-refractivity contribution in [3.05, 3.63) is 77.9 Å². The Bertz CT molecular complexity index is 1500. The number of nitrogen functional groups attached to an aromatic ring is 1. The molecule has 1 aliphatic rings. The maximum Gasteiger partial charge on any atom is 0.417 e. The van der Waals surface area contributed by atoms with Crippen LogP contribution in [-0.2, 0) is 12.7 Å². The summed E-state index contributed by atoms with van der Waals surface area (Å²) in [5.41, 5.74) is 7.83. The van der Waals surface area contributed by atoms with Crippen LogP contribution in [0.15, 0.2) is 61.2 Å². The van der Waals surface area contributed by atoms with Gasteiger partial charge in [-0.1, -0.05) is 24.3 Å². The van der Waals surface area contributed by atoms with Crippen LogP contribution in [0.25, 0.3) is 22.2 Å². The molecule has 0 saturated heterocycles. The molecule has 3 aromatic heterocycles. The van der Waals surface area contributed by atoms with Gasteiger partial charge in [-0.3, -0.25) is 9.89 Å². The van der Waals surface area contributed by atoms with Crippen molar-refractivity contribution >= 4 is 28.6 Å². The zero-order valence-electron chi connectivity index (χ0n) is 20.3. The molecule has 13 heteroatoms. The second-order valence-corrected chi connectivity index (χ2v) is 8.85. The molecule has 0 unspecified atom stereocenters. The van der Waals surface area contributed by atoms with E-state index in [4.69, 9.17) is 5.73 Å². The second kappa shape index (κ2) is 9.92. The number of amides is 1. The number of rotatable bonds is 7. The number of hydrogen-bond acceptors (Lipinski definition) is 8. The van der Waals surface area contributed by atoms with Crippen molar-refractivity contribution in [3.63, 3.8) is 0 Å². The molecule has 10 nitrogen and oxygen atoms in total. The molecular formula is C25H24F3N9O. The lowest BCUT2D eigenvalue weighted by atomic mass is 10.0. The summed E-state index contributed by atoms with van der Waals surface area (Å²) in [7, 11) is 1.87. The van der Waals surface area contributed by atoms with Crippen molar-refractivity contribution in [3.8, 4) is 11.1 Å². The Labute approximate surface area is 215 Å². The van der Waals surface area contributed by atoms with Crippen LogP contribution >= 0.6 is 0 Å². The number of alkyl halides is 3. The number of benzene rings is 1. The highest BCUT2D eigenvalue weighted by Gasteiger charge is 2.32. The molecule has 0 fully saturated rings. The third kappa shape index (κ3) is 5.31. The predicted molar refractivity (Wildman–Crippen MR) is 136 cm³/mol. The van der Waals surface area contributed by atoms with Crippen molar-refractivity contribution < 1.29 is 18.0 Å². The first kappa shape index (κ1) is 24.9. The van der Waals surface area contributed by atoms with E-state index >= 15 is 0 Å². The van der Waals surface area contributed by atoms with Gasteiger partial charge in [0.2, 0.25) is 0 Å². The Kier molecular flexibility index (Phi) is 6.49. The molecule has 1 amide bonds. The van der Waals surface area contributed by atoms with Crippen molar-refractivity contribution in [1.82, 2.24) is 35.3 Å². The standard InChI is InChI=1S/C25H24F3N9O/c1-36-6-7-37(14-36)13-33-24(38)20-9-18(25(26,27)28)12-32-22(20)30-10-15-2-4-16(5-3-15)17-8-19-21(29)34-35-23(19)31-11-17/h2-9,11-12H,10,13-14H2,1H3,(H,30,32)(H,33,38)(H3,29,31,34,35). The molecule has 0 bridgehead atoms. The molecule has 0 saturated carbocycles. The van der Waals surface area contributed by atoms with Crippen molar-refractivity contribution in [1.29, 1.82) is 0 Å². The van der Waals surface area contributed by atoms with Gasteiger partial charge in [0.05, 0.1) is 29.9 Å². The van der Waals surface area contributed by atoms with Crippen LogP contribution in [-0.4, -0.2) is 56.3 Å². The second-order valence-electron chi connectivity index (χ2n) is 8.85. The molecule has 1 aliphatic heterocycles. The summed E-state index contributed by atoms with van der Waals surface area (Å²) in [6, 6.07) is 10.2. The first-order valence-electron chi connectivity index (χ1n) is 11.6. The molecule has 5 N–H and O–H groups in total. The SMILES string of the molecule is CN1C=CN(CNC(=O)c2cc(C(F)(F)F)cnc2NCc2ccc(-c3cnc4n[nH]c(N)c4c3)cc2)C1. The molecule has 0 radical (unpaired) electrons. The number of halogens is 3. The van der Waals surface area contributed by atoms with Gasteiger partial charge in [-0.25, -0.2) is 9.97 Å². The van der Waals surface area contributed by atoms with Crippen LogP contribution in [0.2, 0.25) is 0 Å². The van der Waals surface area contributed by atoms with Crippen molar-refractivity contribution in [2.45, 2.75) is 12.7 Å². The smallest absolute Gasteiger partial charge is 0.384 e. The Morgan fingerprint density at radius 1 is 1.11 bits per heavy atom. The molecule has 4 aromatic rings. The number of aromatic amines is 1.